The molecule has 2 aliphatic rings. The Morgan fingerprint density at radius 1 is 1.35 bits per heavy atom. The highest BCUT2D eigenvalue weighted by molar-refractivity contribution is 5.98. The first-order valence-corrected chi connectivity index (χ1v) is 6.83. The van der Waals surface area contributed by atoms with Gasteiger partial charge in [0, 0.05) is 12.0 Å². The van der Waals surface area contributed by atoms with E-state index in [4.69, 9.17) is 9.47 Å². The zero-order chi connectivity index (χ0) is 14.3. The lowest BCUT2D eigenvalue weighted by Crippen LogP contribution is -2.44. The van der Waals surface area contributed by atoms with Crippen molar-refractivity contribution >= 4 is 11.9 Å². The molecule has 3 rings (SSSR count). The van der Waals surface area contributed by atoms with Crippen LogP contribution < -0.4 is 4.74 Å². The van der Waals surface area contributed by atoms with Crippen molar-refractivity contribution in [3.8, 4) is 5.75 Å². The summed E-state index contributed by atoms with van der Waals surface area (Å²) in [5, 5.41) is 0. The van der Waals surface area contributed by atoms with Gasteiger partial charge in [0.25, 0.3) is 5.91 Å². The third-order valence-corrected chi connectivity index (χ3v) is 3.55. The van der Waals surface area contributed by atoms with Crippen LogP contribution in [0.25, 0.3) is 0 Å². The molecule has 2 aliphatic heterocycles. The summed E-state index contributed by atoms with van der Waals surface area (Å²) >= 11 is 0. The molecule has 1 amide bonds. The fourth-order valence-corrected chi connectivity index (χ4v) is 2.69. The zero-order valence-corrected chi connectivity index (χ0v) is 11.5. The number of carbonyl (C=O) groups excluding carboxylic acids is 2. The Hall–Kier alpha value is -2.04. The third kappa shape index (κ3) is 2.24. The van der Waals surface area contributed by atoms with Crippen LogP contribution in [0.2, 0.25) is 0 Å². The average molecular weight is 275 g/mol. The number of rotatable bonds is 3. The molecule has 20 heavy (non-hydrogen) atoms. The largest absolute Gasteiger partial charge is 0.491 e. The first-order valence-electron chi connectivity index (χ1n) is 6.83. The number of amides is 1. The standard InChI is InChI=1S/C15H17NO4/c1-9(2)19-11-5-3-10(4-6-11)14(17)16-8-12-7-13(16)15(18)20-12/h3-6,9,12-13H,7-8H2,1-2H3/t12-,13-/m1/s1. The van der Waals surface area contributed by atoms with Crippen molar-refractivity contribution in [2.75, 3.05) is 6.54 Å². The van der Waals surface area contributed by atoms with Gasteiger partial charge in [-0.1, -0.05) is 0 Å². The molecule has 5 nitrogen and oxygen atoms in total. The number of carbonyl (C=O) groups is 2. The quantitative estimate of drug-likeness (QED) is 0.786. The molecule has 106 valence electrons. The summed E-state index contributed by atoms with van der Waals surface area (Å²) in [4.78, 5) is 25.5. The Balaban J connectivity index is 1.73. The van der Waals surface area contributed by atoms with E-state index in [1.165, 1.54) is 0 Å². The lowest BCUT2D eigenvalue weighted by Gasteiger charge is -2.25. The minimum Gasteiger partial charge on any atom is -0.491 e. The van der Waals surface area contributed by atoms with E-state index in [2.05, 4.69) is 0 Å². The van der Waals surface area contributed by atoms with Gasteiger partial charge < -0.3 is 14.4 Å². The highest BCUT2D eigenvalue weighted by atomic mass is 16.6. The van der Waals surface area contributed by atoms with Gasteiger partial charge in [-0.25, -0.2) is 4.79 Å². The maximum Gasteiger partial charge on any atom is 0.329 e. The van der Waals surface area contributed by atoms with Crippen molar-refractivity contribution < 1.29 is 19.1 Å². The van der Waals surface area contributed by atoms with Gasteiger partial charge in [0.2, 0.25) is 0 Å². The molecular weight excluding hydrogens is 258 g/mol. The molecule has 2 atom stereocenters. The van der Waals surface area contributed by atoms with E-state index in [-0.39, 0.29) is 24.1 Å². The van der Waals surface area contributed by atoms with Crippen LogP contribution in [0.4, 0.5) is 0 Å². The van der Waals surface area contributed by atoms with Gasteiger partial charge >= 0.3 is 5.97 Å². The predicted molar refractivity (Wildman–Crippen MR) is 71.5 cm³/mol. The number of fused-ring (bicyclic) bond motifs is 2. The number of hydrogen-bond donors (Lipinski definition) is 0. The Labute approximate surface area is 117 Å². The van der Waals surface area contributed by atoms with E-state index in [1.54, 1.807) is 29.2 Å². The molecule has 0 radical (unpaired) electrons. The summed E-state index contributed by atoms with van der Waals surface area (Å²) in [6, 6.07) is 6.62. The van der Waals surface area contributed by atoms with E-state index in [9.17, 15) is 9.59 Å². The second kappa shape index (κ2) is 4.81. The summed E-state index contributed by atoms with van der Waals surface area (Å²) in [6.45, 7) is 4.40. The van der Waals surface area contributed by atoms with Crippen molar-refractivity contribution in [2.24, 2.45) is 0 Å². The van der Waals surface area contributed by atoms with E-state index in [0.717, 1.165) is 5.75 Å². The van der Waals surface area contributed by atoms with Crippen LogP contribution in [0.15, 0.2) is 24.3 Å². The SMILES string of the molecule is CC(C)Oc1ccc(C(=O)N2C[C@H]3C[C@@H]2C(=O)O3)cc1. The van der Waals surface area contributed by atoms with Crippen LogP contribution in [-0.4, -0.2) is 41.6 Å². The van der Waals surface area contributed by atoms with Crippen LogP contribution in [0.3, 0.4) is 0 Å². The van der Waals surface area contributed by atoms with Gasteiger partial charge in [-0.2, -0.15) is 0 Å². The number of morpholine rings is 1. The van der Waals surface area contributed by atoms with Crippen molar-refractivity contribution in [3.63, 3.8) is 0 Å². The number of hydrogen-bond acceptors (Lipinski definition) is 4. The molecule has 0 aromatic heterocycles. The summed E-state index contributed by atoms with van der Waals surface area (Å²) in [5.74, 6) is 0.332. The molecule has 0 aliphatic carbocycles. The Bertz CT molecular complexity index is 537. The number of likely N-dealkylation sites (tertiary alicyclic amines) is 1. The summed E-state index contributed by atoms with van der Waals surface area (Å²) in [6.07, 6.45) is 0.597. The van der Waals surface area contributed by atoms with Crippen LogP contribution in [0.5, 0.6) is 5.75 Å². The van der Waals surface area contributed by atoms with Crippen LogP contribution in [-0.2, 0) is 9.53 Å². The minimum absolute atomic E-state index is 0.0978. The Morgan fingerprint density at radius 3 is 2.60 bits per heavy atom. The average Bonchev–Trinajstić information content (AvgIpc) is 2.97. The Kier molecular flexibility index (Phi) is 3.12. The van der Waals surface area contributed by atoms with Gasteiger partial charge in [-0.05, 0) is 38.1 Å². The number of esters is 1. The molecule has 1 aromatic rings. The molecule has 2 fully saturated rings. The molecule has 2 saturated heterocycles. The smallest absolute Gasteiger partial charge is 0.329 e. The van der Waals surface area contributed by atoms with E-state index in [0.29, 0.717) is 18.5 Å². The highest BCUT2D eigenvalue weighted by Crippen LogP contribution is 2.30. The highest BCUT2D eigenvalue weighted by Gasteiger charge is 2.48. The molecular formula is C15H17NO4. The van der Waals surface area contributed by atoms with Crippen LogP contribution >= 0.6 is 0 Å². The molecule has 0 unspecified atom stereocenters. The fourth-order valence-electron chi connectivity index (χ4n) is 2.69. The monoisotopic (exact) mass is 275 g/mol. The van der Waals surface area contributed by atoms with Crippen LogP contribution in [0.1, 0.15) is 30.6 Å². The Morgan fingerprint density at radius 2 is 2.05 bits per heavy atom. The van der Waals surface area contributed by atoms with E-state index in [1.807, 2.05) is 13.8 Å². The topological polar surface area (TPSA) is 55.8 Å². The molecule has 0 N–H and O–H groups in total. The van der Waals surface area contributed by atoms with E-state index < -0.39 is 6.04 Å². The molecule has 0 spiro atoms. The molecule has 0 saturated carbocycles. The van der Waals surface area contributed by atoms with Gasteiger partial charge in [0.05, 0.1) is 12.6 Å². The second-order valence-electron chi connectivity index (χ2n) is 5.46. The molecule has 5 heteroatoms. The zero-order valence-electron chi connectivity index (χ0n) is 11.5. The lowest BCUT2D eigenvalue weighted by atomic mass is 10.1. The lowest BCUT2D eigenvalue weighted by molar-refractivity contribution is -0.149. The molecule has 1 aromatic carbocycles. The predicted octanol–water partition coefficient (Wildman–Crippen LogP) is 1.61. The third-order valence-electron chi connectivity index (χ3n) is 3.55. The van der Waals surface area contributed by atoms with Crippen LogP contribution in [0, 0.1) is 0 Å². The fraction of sp³-hybridized carbons (Fsp3) is 0.467. The minimum atomic E-state index is -0.404. The van der Waals surface area contributed by atoms with E-state index >= 15 is 0 Å². The number of ether oxygens (including phenoxy) is 2. The number of nitrogens with zero attached hydrogens (tertiary/aromatic N) is 1. The summed E-state index contributed by atoms with van der Waals surface area (Å²) in [5.41, 5.74) is 0.571. The van der Waals surface area contributed by atoms with Gasteiger partial charge in [0.1, 0.15) is 17.9 Å². The van der Waals surface area contributed by atoms with Crippen molar-refractivity contribution in [1.82, 2.24) is 4.90 Å². The molecule has 2 heterocycles. The van der Waals surface area contributed by atoms with Gasteiger partial charge in [0.15, 0.2) is 0 Å². The van der Waals surface area contributed by atoms with Gasteiger partial charge in [-0.15, -0.1) is 0 Å². The van der Waals surface area contributed by atoms with Gasteiger partial charge in [-0.3, -0.25) is 4.79 Å². The second-order valence-corrected chi connectivity index (χ2v) is 5.46. The first kappa shape index (κ1) is 13.0. The normalized spacial score (nSPS) is 24.1. The van der Waals surface area contributed by atoms with Crippen molar-refractivity contribution in [3.05, 3.63) is 29.8 Å². The number of benzene rings is 1. The molecule has 2 bridgehead atoms. The summed E-state index contributed by atoms with van der Waals surface area (Å²) < 4.78 is 10.6. The van der Waals surface area contributed by atoms with Crippen molar-refractivity contribution in [1.29, 1.82) is 0 Å². The summed E-state index contributed by atoms with van der Waals surface area (Å²) in [7, 11) is 0. The maximum absolute atomic E-state index is 12.4. The first-order chi connectivity index (χ1) is 9.54. The maximum atomic E-state index is 12.4. The van der Waals surface area contributed by atoms with Crippen molar-refractivity contribution in [2.45, 2.75) is 38.5 Å².